The normalized spacial score (nSPS) is 14.7. The molecule has 1 aliphatic rings. The molecule has 0 spiro atoms. The standard InChI is InChI=1S/C18H25N5O/c1-24-15-5-9-19-17-8-10-20-18(21-17)23-13-11-22(12-14-23)16-6-3-2-4-7-16/h2-4,6-8,10H,5,9,11-15H2,1H3,(H,19,20,21). The van der Waals surface area contributed by atoms with Gasteiger partial charge in [0.1, 0.15) is 5.82 Å². The summed E-state index contributed by atoms with van der Waals surface area (Å²) in [6, 6.07) is 12.5. The summed E-state index contributed by atoms with van der Waals surface area (Å²) >= 11 is 0. The third kappa shape index (κ3) is 4.35. The molecule has 2 aromatic rings. The molecule has 1 saturated heterocycles. The van der Waals surface area contributed by atoms with Gasteiger partial charge in [0.2, 0.25) is 5.95 Å². The average molecular weight is 327 g/mol. The van der Waals surface area contributed by atoms with Crippen LogP contribution in [-0.4, -0.2) is 56.4 Å². The molecule has 0 saturated carbocycles. The van der Waals surface area contributed by atoms with Gasteiger partial charge in [-0.1, -0.05) is 18.2 Å². The van der Waals surface area contributed by atoms with Crippen molar-refractivity contribution in [3.8, 4) is 0 Å². The second kappa shape index (κ2) is 8.49. The topological polar surface area (TPSA) is 53.5 Å². The highest BCUT2D eigenvalue weighted by Gasteiger charge is 2.19. The minimum atomic E-state index is 0.756. The maximum atomic E-state index is 5.06. The fourth-order valence-corrected chi connectivity index (χ4v) is 2.84. The molecule has 0 radical (unpaired) electrons. The molecule has 0 amide bonds. The van der Waals surface area contributed by atoms with Crippen molar-refractivity contribution in [1.29, 1.82) is 0 Å². The Balaban J connectivity index is 1.54. The Morgan fingerprint density at radius 2 is 1.79 bits per heavy atom. The van der Waals surface area contributed by atoms with Crippen LogP contribution in [0.5, 0.6) is 0 Å². The minimum absolute atomic E-state index is 0.756. The van der Waals surface area contributed by atoms with Gasteiger partial charge in [-0.2, -0.15) is 4.98 Å². The zero-order valence-corrected chi connectivity index (χ0v) is 14.2. The van der Waals surface area contributed by atoms with Gasteiger partial charge in [-0.05, 0) is 24.6 Å². The number of hydrogen-bond acceptors (Lipinski definition) is 6. The van der Waals surface area contributed by atoms with Crippen LogP contribution in [0.4, 0.5) is 17.5 Å². The number of nitrogens with one attached hydrogen (secondary N) is 1. The Morgan fingerprint density at radius 1 is 1.04 bits per heavy atom. The van der Waals surface area contributed by atoms with Crippen LogP contribution in [0.1, 0.15) is 6.42 Å². The number of hydrogen-bond donors (Lipinski definition) is 1. The summed E-state index contributed by atoms with van der Waals surface area (Å²) in [6.45, 7) is 5.44. The highest BCUT2D eigenvalue weighted by molar-refractivity contribution is 5.49. The van der Waals surface area contributed by atoms with Gasteiger partial charge in [-0.15, -0.1) is 0 Å². The first-order valence-corrected chi connectivity index (χ1v) is 8.47. The average Bonchev–Trinajstić information content (AvgIpc) is 2.66. The molecular formula is C18H25N5O. The third-order valence-corrected chi connectivity index (χ3v) is 4.16. The molecule has 1 N–H and O–H groups in total. The van der Waals surface area contributed by atoms with Crippen LogP contribution in [0.2, 0.25) is 0 Å². The molecule has 1 aromatic heterocycles. The lowest BCUT2D eigenvalue weighted by Crippen LogP contribution is -2.47. The molecule has 0 unspecified atom stereocenters. The predicted octanol–water partition coefficient (Wildman–Crippen LogP) is 2.25. The number of aromatic nitrogens is 2. The molecule has 0 atom stereocenters. The monoisotopic (exact) mass is 327 g/mol. The van der Waals surface area contributed by atoms with Gasteiger partial charge in [0, 0.05) is 58.3 Å². The molecule has 1 aromatic carbocycles. The number of para-hydroxylation sites is 1. The van der Waals surface area contributed by atoms with Crippen LogP contribution >= 0.6 is 0 Å². The van der Waals surface area contributed by atoms with Crippen molar-refractivity contribution in [2.75, 3.05) is 61.6 Å². The van der Waals surface area contributed by atoms with Gasteiger partial charge >= 0.3 is 0 Å². The second-order valence-electron chi connectivity index (χ2n) is 5.82. The zero-order valence-electron chi connectivity index (χ0n) is 14.2. The summed E-state index contributed by atoms with van der Waals surface area (Å²) < 4.78 is 5.06. The van der Waals surface area contributed by atoms with E-state index in [0.717, 1.165) is 57.5 Å². The molecule has 3 rings (SSSR count). The van der Waals surface area contributed by atoms with E-state index in [1.807, 2.05) is 12.3 Å². The first kappa shape index (κ1) is 16.5. The van der Waals surface area contributed by atoms with Gasteiger partial charge in [0.25, 0.3) is 0 Å². The van der Waals surface area contributed by atoms with Gasteiger partial charge in [-0.25, -0.2) is 4.98 Å². The van der Waals surface area contributed by atoms with Crippen molar-refractivity contribution in [3.63, 3.8) is 0 Å². The highest BCUT2D eigenvalue weighted by Crippen LogP contribution is 2.18. The van der Waals surface area contributed by atoms with Crippen molar-refractivity contribution in [3.05, 3.63) is 42.6 Å². The Kier molecular flexibility index (Phi) is 5.85. The van der Waals surface area contributed by atoms with Crippen molar-refractivity contribution >= 4 is 17.5 Å². The van der Waals surface area contributed by atoms with E-state index in [2.05, 4.69) is 55.4 Å². The van der Waals surface area contributed by atoms with E-state index in [1.165, 1.54) is 5.69 Å². The molecule has 1 fully saturated rings. The summed E-state index contributed by atoms with van der Waals surface area (Å²) in [6.07, 6.45) is 2.79. The van der Waals surface area contributed by atoms with Crippen LogP contribution in [-0.2, 0) is 4.74 Å². The lowest BCUT2D eigenvalue weighted by molar-refractivity contribution is 0.198. The summed E-state index contributed by atoms with van der Waals surface area (Å²) in [7, 11) is 1.72. The van der Waals surface area contributed by atoms with Crippen LogP contribution < -0.4 is 15.1 Å². The summed E-state index contributed by atoms with van der Waals surface area (Å²) in [5.41, 5.74) is 1.28. The number of anilines is 3. The van der Waals surface area contributed by atoms with E-state index in [-0.39, 0.29) is 0 Å². The van der Waals surface area contributed by atoms with Crippen molar-refractivity contribution in [2.24, 2.45) is 0 Å². The molecule has 6 heteroatoms. The van der Waals surface area contributed by atoms with Crippen LogP contribution in [0.15, 0.2) is 42.6 Å². The number of methoxy groups -OCH3 is 1. The van der Waals surface area contributed by atoms with Gasteiger partial charge in [-0.3, -0.25) is 0 Å². The molecule has 0 aliphatic carbocycles. The highest BCUT2D eigenvalue weighted by atomic mass is 16.5. The van der Waals surface area contributed by atoms with Crippen molar-refractivity contribution in [2.45, 2.75) is 6.42 Å². The number of ether oxygens (including phenoxy) is 1. The van der Waals surface area contributed by atoms with Gasteiger partial charge in [0.15, 0.2) is 0 Å². The molecule has 1 aliphatic heterocycles. The van der Waals surface area contributed by atoms with Gasteiger partial charge in [0.05, 0.1) is 0 Å². The Bertz CT molecular complexity index is 614. The van der Waals surface area contributed by atoms with Gasteiger partial charge < -0.3 is 19.9 Å². The first-order valence-electron chi connectivity index (χ1n) is 8.47. The largest absolute Gasteiger partial charge is 0.385 e. The third-order valence-electron chi connectivity index (χ3n) is 4.16. The predicted molar refractivity (Wildman–Crippen MR) is 97.9 cm³/mol. The summed E-state index contributed by atoms with van der Waals surface area (Å²) in [4.78, 5) is 13.7. The van der Waals surface area contributed by atoms with Crippen LogP contribution in [0, 0.1) is 0 Å². The fourth-order valence-electron chi connectivity index (χ4n) is 2.84. The number of nitrogens with zero attached hydrogens (tertiary/aromatic N) is 4. The van der Waals surface area contributed by atoms with E-state index in [4.69, 9.17) is 4.74 Å². The molecule has 6 nitrogen and oxygen atoms in total. The molecular weight excluding hydrogens is 302 g/mol. The molecule has 24 heavy (non-hydrogen) atoms. The van der Waals surface area contributed by atoms with E-state index in [1.54, 1.807) is 7.11 Å². The number of piperazine rings is 1. The fraction of sp³-hybridized carbons (Fsp3) is 0.444. The lowest BCUT2D eigenvalue weighted by Gasteiger charge is -2.36. The van der Waals surface area contributed by atoms with Crippen LogP contribution in [0.25, 0.3) is 0 Å². The Morgan fingerprint density at radius 3 is 2.54 bits per heavy atom. The van der Waals surface area contributed by atoms with Crippen molar-refractivity contribution in [1.82, 2.24) is 9.97 Å². The minimum Gasteiger partial charge on any atom is -0.385 e. The zero-order chi connectivity index (χ0) is 16.6. The maximum absolute atomic E-state index is 5.06. The number of rotatable bonds is 7. The smallest absolute Gasteiger partial charge is 0.227 e. The SMILES string of the molecule is COCCCNc1ccnc(N2CCN(c3ccccc3)CC2)n1. The van der Waals surface area contributed by atoms with E-state index < -0.39 is 0 Å². The molecule has 2 heterocycles. The summed E-state index contributed by atoms with van der Waals surface area (Å²) in [5.74, 6) is 1.68. The van der Waals surface area contributed by atoms with E-state index in [9.17, 15) is 0 Å². The molecule has 128 valence electrons. The lowest BCUT2D eigenvalue weighted by atomic mass is 10.2. The Labute approximate surface area is 143 Å². The maximum Gasteiger partial charge on any atom is 0.227 e. The first-order chi connectivity index (χ1) is 11.9. The number of benzene rings is 1. The van der Waals surface area contributed by atoms with E-state index in [0.29, 0.717) is 0 Å². The van der Waals surface area contributed by atoms with Crippen LogP contribution in [0.3, 0.4) is 0 Å². The van der Waals surface area contributed by atoms with E-state index >= 15 is 0 Å². The molecule has 0 bridgehead atoms. The summed E-state index contributed by atoms with van der Waals surface area (Å²) in [5, 5.41) is 3.33. The second-order valence-corrected chi connectivity index (χ2v) is 5.82. The van der Waals surface area contributed by atoms with Crippen molar-refractivity contribution < 1.29 is 4.74 Å². The Hall–Kier alpha value is -2.34. The quantitative estimate of drug-likeness (QED) is 0.787.